The van der Waals surface area contributed by atoms with Crippen LogP contribution in [0.5, 0.6) is 11.5 Å². The highest BCUT2D eigenvalue weighted by molar-refractivity contribution is 6.06. The van der Waals surface area contributed by atoms with E-state index in [-0.39, 0.29) is 22.6 Å². The predicted molar refractivity (Wildman–Crippen MR) is 134 cm³/mol. The van der Waals surface area contributed by atoms with Crippen LogP contribution in [0.2, 0.25) is 0 Å². The van der Waals surface area contributed by atoms with Gasteiger partial charge in [-0.3, -0.25) is 19.8 Å². The minimum absolute atomic E-state index is 0.109. The largest absolute Gasteiger partial charge is 0.493 e. The van der Waals surface area contributed by atoms with Crippen molar-refractivity contribution < 1.29 is 23.6 Å². The molecule has 0 aliphatic carbocycles. The first-order chi connectivity index (χ1) is 17.4. The van der Waals surface area contributed by atoms with Gasteiger partial charge in [0, 0.05) is 54.6 Å². The third-order valence-electron chi connectivity index (χ3n) is 6.46. The fraction of sp³-hybridized carbons (Fsp3) is 0.296. The van der Waals surface area contributed by atoms with Gasteiger partial charge in [0.15, 0.2) is 11.5 Å². The van der Waals surface area contributed by atoms with Crippen molar-refractivity contribution in [3.63, 3.8) is 0 Å². The average molecular weight is 494 g/mol. The molecule has 188 valence electrons. The van der Waals surface area contributed by atoms with Gasteiger partial charge in [0.25, 0.3) is 11.6 Å². The summed E-state index contributed by atoms with van der Waals surface area (Å²) in [6, 6.07) is 17.5. The molecule has 0 spiro atoms. The van der Waals surface area contributed by atoms with Crippen molar-refractivity contribution in [3.05, 3.63) is 93.8 Å². The number of amides is 1. The minimum Gasteiger partial charge on any atom is -0.493 e. The Morgan fingerprint density at radius 1 is 1.03 bits per heavy atom. The molecule has 1 fully saturated rings. The minimum atomic E-state index is -0.410. The number of hydrogen-bond donors (Lipinski definition) is 0. The molecular weight excluding hydrogens is 465 g/mol. The lowest BCUT2D eigenvalue weighted by Crippen LogP contribution is -2.47. The summed E-state index contributed by atoms with van der Waals surface area (Å²) in [5.74, 6) is 0.405. The lowest BCUT2D eigenvalue weighted by molar-refractivity contribution is -0.385. The van der Waals surface area contributed by atoms with Gasteiger partial charge < -0.3 is 14.4 Å². The van der Waals surface area contributed by atoms with E-state index >= 15 is 0 Å². The molecule has 4 rings (SSSR count). The number of halogens is 1. The summed E-state index contributed by atoms with van der Waals surface area (Å²) in [6.45, 7) is 1.79. The number of nitro benzene ring substituents is 1. The molecule has 0 unspecified atom stereocenters. The van der Waals surface area contributed by atoms with Gasteiger partial charge in [-0.05, 0) is 49.2 Å². The van der Waals surface area contributed by atoms with Crippen LogP contribution in [0.15, 0.2) is 66.7 Å². The monoisotopic (exact) mass is 493 g/mol. The molecule has 0 aromatic heterocycles. The number of benzene rings is 3. The summed E-state index contributed by atoms with van der Waals surface area (Å²) in [5.41, 5.74) is 1.81. The first kappa shape index (κ1) is 25.1. The van der Waals surface area contributed by atoms with E-state index in [4.69, 9.17) is 9.47 Å². The molecule has 0 radical (unpaired) electrons. The zero-order chi connectivity index (χ0) is 25.7. The number of hydrogen-bond acceptors (Lipinski definition) is 6. The number of carbonyl (C=O) groups excluding carboxylic acids is 1. The number of nitrogens with zero attached hydrogens (tertiary/aromatic N) is 3. The number of nitro groups is 1. The van der Waals surface area contributed by atoms with E-state index in [0.717, 1.165) is 0 Å². The van der Waals surface area contributed by atoms with Crippen molar-refractivity contribution in [2.75, 3.05) is 32.2 Å². The van der Waals surface area contributed by atoms with E-state index in [2.05, 4.69) is 4.90 Å². The second kappa shape index (κ2) is 11.2. The summed E-state index contributed by atoms with van der Waals surface area (Å²) < 4.78 is 24.3. The fourth-order valence-corrected chi connectivity index (χ4v) is 4.60. The van der Waals surface area contributed by atoms with Crippen LogP contribution in [0.25, 0.3) is 0 Å². The van der Waals surface area contributed by atoms with Crippen molar-refractivity contribution in [3.8, 4) is 11.5 Å². The third-order valence-corrected chi connectivity index (χ3v) is 6.46. The summed E-state index contributed by atoms with van der Waals surface area (Å²) in [6.07, 6.45) is 1.34. The number of likely N-dealkylation sites (tertiary alicyclic amines) is 1. The topological polar surface area (TPSA) is 85.2 Å². The first-order valence-corrected chi connectivity index (χ1v) is 11.7. The highest BCUT2D eigenvalue weighted by atomic mass is 19.1. The summed E-state index contributed by atoms with van der Waals surface area (Å²) in [4.78, 5) is 28.6. The molecule has 1 heterocycles. The molecular formula is C27H28FN3O5. The zero-order valence-corrected chi connectivity index (χ0v) is 20.2. The van der Waals surface area contributed by atoms with Crippen molar-refractivity contribution >= 4 is 17.3 Å². The molecule has 0 bridgehead atoms. The van der Waals surface area contributed by atoms with Crippen LogP contribution >= 0.6 is 0 Å². The maximum Gasteiger partial charge on any atom is 0.273 e. The molecule has 1 amide bonds. The molecule has 3 aromatic carbocycles. The second-order valence-corrected chi connectivity index (χ2v) is 8.61. The van der Waals surface area contributed by atoms with Crippen LogP contribution in [0.1, 0.15) is 28.8 Å². The molecule has 0 atom stereocenters. The Labute approximate surface area is 209 Å². The standard InChI is InChI=1S/C27H28FN3O5/c1-35-25-12-11-23(17-26(25)36-2)30(27(32)19-7-9-21(28)10-8-19)22-13-15-29(16-14-22)18-20-5-3-4-6-24(20)31(33)34/h3-12,17,22H,13-16,18H2,1-2H3. The molecule has 0 saturated carbocycles. The quantitative estimate of drug-likeness (QED) is 0.322. The molecule has 8 nitrogen and oxygen atoms in total. The number of methoxy groups -OCH3 is 2. The van der Waals surface area contributed by atoms with Crippen LogP contribution in [-0.2, 0) is 6.54 Å². The van der Waals surface area contributed by atoms with Gasteiger partial charge in [-0.25, -0.2) is 4.39 Å². The van der Waals surface area contributed by atoms with Crippen molar-refractivity contribution in [2.45, 2.75) is 25.4 Å². The molecule has 1 aliphatic heterocycles. The van der Waals surface area contributed by atoms with Crippen molar-refractivity contribution in [2.24, 2.45) is 0 Å². The second-order valence-electron chi connectivity index (χ2n) is 8.61. The van der Waals surface area contributed by atoms with Gasteiger partial charge in [0.2, 0.25) is 0 Å². The predicted octanol–water partition coefficient (Wildman–Crippen LogP) is 5.06. The highest BCUT2D eigenvalue weighted by Gasteiger charge is 2.31. The van der Waals surface area contributed by atoms with Crippen LogP contribution in [-0.4, -0.2) is 49.1 Å². The SMILES string of the molecule is COc1ccc(N(C(=O)c2ccc(F)cc2)C2CCN(Cc3ccccc3[N+](=O)[O-])CC2)cc1OC. The smallest absolute Gasteiger partial charge is 0.273 e. The maximum absolute atomic E-state index is 13.6. The summed E-state index contributed by atoms with van der Waals surface area (Å²) in [5, 5.41) is 11.4. The van der Waals surface area contributed by atoms with E-state index in [0.29, 0.717) is 60.8 Å². The van der Waals surface area contributed by atoms with Gasteiger partial charge in [0.05, 0.1) is 19.1 Å². The molecule has 1 saturated heterocycles. The van der Waals surface area contributed by atoms with Crippen molar-refractivity contribution in [1.29, 1.82) is 0 Å². The number of para-hydroxylation sites is 1. The zero-order valence-electron chi connectivity index (χ0n) is 20.2. The van der Waals surface area contributed by atoms with E-state index in [1.54, 1.807) is 42.3 Å². The van der Waals surface area contributed by atoms with Gasteiger partial charge in [-0.15, -0.1) is 0 Å². The highest BCUT2D eigenvalue weighted by Crippen LogP contribution is 2.35. The Hall–Kier alpha value is -3.98. The van der Waals surface area contributed by atoms with Gasteiger partial charge >= 0.3 is 0 Å². The third kappa shape index (κ3) is 5.46. The number of anilines is 1. The fourth-order valence-electron chi connectivity index (χ4n) is 4.60. The summed E-state index contributed by atoms with van der Waals surface area (Å²) >= 11 is 0. The van der Waals surface area contributed by atoms with Crippen LogP contribution in [0, 0.1) is 15.9 Å². The first-order valence-electron chi connectivity index (χ1n) is 11.7. The Morgan fingerprint density at radius 2 is 1.69 bits per heavy atom. The van der Waals surface area contributed by atoms with Crippen molar-refractivity contribution in [1.82, 2.24) is 4.90 Å². The van der Waals surface area contributed by atoms with Gasteiger partial charge in [-0.1, -0.05) is 18.2 Å². The summed E-state index contributed by atoms with van der Waals surface area (Å²) in [7, 11) is 3.08. The lowest BCUT2D eigenvalue weighted by atomic mass is 9.99. The number of rotatable bonds is 8. The van der Waals surface area contributed by atoms with Crippen LogP contribution < -0.4 is 14.4 Å². The van der Waals surface area contributed by atoms with E-state index in [1.165, 1.54) is 37.4 Å². The number of carbonyl (C=O) groups is 1. The Bertz CT molecular complexity index is 1230. The molecule has 9 heteroatoms. The van der Waals surface area contributed by atoms with Crippen LogP contribution in [0.4, 0.5) is 15.8 Å². The maximum atomic E-state index is 13.6. The molecule has 1 aliphatic rings. The van der Waals surface area contributed by atoms with Crippen LogP contribution in [0.3, 0.4) is 0 Å². The number of piperidine rings is 1. The lowest BCUT2D eigenvalue weighted by Gasteiger charge is -2.38. The van der Waals surface area contributed by atoms with E-state index in [9.17, 15) is 19.3 Å². The van der Waals surface area contributed by atoms with E-state index in [1.807, 2.05) is 6.07 Å². The van der Waals surface area contributed by atoms with Gasteiger partial charge in [-0.2, -0.15) is 0 Å². The van der Waals surface area contributed by atoms with Gasteiger partial charge in [0.1, 0.15) is 5.82 Å². The van der Waals surface area contributed by atoms with E-state index < -0.39 is 5.82 Å². The number of ether oxygens (including phenoxy) is 2. The Kier molecular flexibility index (Phi) is 7.80. The Balaban J connectivity index is 1.57. The molecule has 0 N–H and O–H groups in total. The molecule has 3 aromatic rings. The normalized spacial score (nSPS) is 14.3. The Morgan fingerprint density at radius 3 is 2.33 bits per heavy atom. The molecule has 36 heavy (non-hydrogen) atoms. The average Bonchev–Trinajstić information content (AvgIpc) is 2.90.